The van der Waals surface area contributed by atoms with E-state index in [1.54, 1.807) is 11.9 Å². The molecule has 0 aromatic carbocycles. The van der Waals surface area contributed by atoms with Crippen LogP contribution in [0.25, 0.3) is 0 Å². The number of nitrogens with zero attached hydrogens (tertiary/aromatic N) is 2. The van der Waals surface area contributed by atoms with Gasteiger partial charge in [-0.3, -0.25) is 14.4 Å². The van der Waals surface area contributed by atoms with Gasteiger partial charge in [0.2, 0.25) is 11.8 Å². The van der Waals surface area contributed by atoms with Gasteiger partial charge in [0.15, 0.2) is 0 Å². The lowest BCUT2D eigenvalue weighted by Crippen LogP contribution is -2.49. The molecule has 1 fully saturated rings. The van der Waals surface area contributed by atoms with Gasteiger partial charge in [-0.1, -0.05) is 20.8 Å². The maximum absolute atomic E-state index is 12.7. The van der Waals surface area contributed by atoms with E-state index in [9.17, 15) is 14.4 Å². The third-order valence-electron chi connectivity index (χ3n) is 4.37. The number of carbonyl (C=O) groups is 3. The topological polar surface area (TPSA) is 66.9 Å². The van der Waals surface area contributed by atoms with Crippen LogP contribution in [0.3, 0.4) is 0 Å². The fourth-order valence-corrected chi connectivity index (χ4v) is 3.11. The first kappa shape index (κ1) is 22.5. The van der Waals surface area contributed by atoms with E-state index in [4.69, 9.17) is 4.74 Å². The number of hydrogen-bond acceptors (Lipinski definition) is 4. The molecule has 0 radical (unpaired) electrons. The summed E-state index contributed by atoms with van der Waals surface area (Å²) >= 11 is 0. The Morgan fingerprint density at radius 2 is 1.73 bits per heavy atom. The van der Waals surface area contributed by atoms with Crippen molar-refractivity contribution in [1.29, 1.82) is 0 Å². The van der Waals surface area contributed by atoms with Crippen LogP contribution in [0, 0.1) is 11.3 Å². The molecule has 6 heteroatoms. The van der Waals surface area contributed by atoms with Gasteiger partial charge < -0.3 is 14.5 Å². The summed E-state index contributed by atoms with van der Waals surface area (Å²) < 4.78 is 5.28. The van der Waals surface area contributed by atoms with Crippen molar-refractivity contribution in [2.45, 2.75) is 72.8 Å². The molecular formula is C20H36N2O4. The Bertz CT molecular complexity index is 517. The summed E-state index contributed by atoms with van der Waals surface area (Å²) in [5.41, 5.74) is -0.909. The van der Waals surface area contributed by atoms with E-state index in [0.29, 0.717) is 25.9 Å². The van der Waals surface area contributed by atoms with Crippen molar-refractivity contribution < 1.29 is 19.1 Å². The average Bonchev–Trinajstić information content (AvgIpc) is 2.50. The molecule has 1 heterocycles. The maximum atomic E-state index is 12.7. The van der Waals surface area contributed by atoms with Gasteiger partial charge in [-0.25, -0.2) is 0 Å². The molecule has 1 aliphatic rings. The first-order chi connectivity index (χ1) is 11.8. The highest BCUT2D eigenvalue weighted by molar-refractivity contribution is 5.84. The van der Waals surface area contributed by atoms with E-state index in [0.717, 1.165) is 19.4 Å². The van der Waals surface area contributed by atoms with Crippen molar-refractivity contribution >= 4 is 17.8 Å². The molecule has 0 spiro atoms. The predicted molar refractivity (Wildman–Crippen MR) is 101 cm³/mol. The van der Waals surface area contributed by atoms with Crippen LogP contribution in [0.2, 0.25) is 0 Å². The van der Waals surface area contributed by atoms with Crippen molar-refractivity contribution in [2.75, 3.05) is 26.7 Å². The second kappa shape index (κ2) is 8.87. The molecule has 6 nitrogen and oxygen atoms in total. The molecule has 0 aromatic heterocycles. The monoisotopic (exact) mass is 368 g/mol. The summed E-state index contributed by atoms with van der Waals surface area (Å²) in [5, 5.41) is 0. The number of amides is 2. The standard InChI is InChI=1S/C20H36N2O4/c1-19(2,3)18(25)22-13-8-10-15(14-22)17(24)21(7)12-9-11-16(23)26-20(4,5)6/h15H,8-14H2,1-7H3. The van der Waals surface area contributed by atoms with Gasteiger partial charge in [-0.2, -0.15) is 0 Å². The van der Waals surface area contributed by atoms with Crippen LogP contribution >= 0.6 is 0 Å². The zero-order chi connectivity index (χ0) is 20.1. The van der Waals surface area contributed by atoms with E-state index >= 15 is 0 Å². The van der Waals surface area contributed by atoms with Gasteiger partial charge in [-0.05, 0) is 40.0 Å². The molecule has 1 rings (SSSR count). The Labute approximate surface area is 158 Å². The minimum absolute atomic E-state index is 0.0561. The first-order valence-corrected chi connectivity index (χ1v) is 9.57. The molecule has 0 saturated carbocycles. The van der Waals surface area contributed by atoms with Gasteiger partial charge in [0, 0.05) is 38.5 Å². The summed E-state index contributed by atoms with van der Waals surface area (Å²) in [7, 11) is 1.77. The number of hydrogen-bond donors (Lipinski definition) is 0. The van der Waals surface area contributed by atoms with Crippen LogP contribution in [0.1, 0.15) is 67.2 Å². The van der Waals surface area contributed by atoms with Gasteiger partial charge in [0.1, 0.15) is 5.60 Å². The number of carbonyl (C=O) groups excluding carboxylic acids is 3. The zero-order valence-corrected chi connectivity index (χ0v) is 17.6. The first-order valence-electron chi connectivity index (χ1n) is 9.57. The van der Waals surface area contributed by atoms with Crippen LogP contribution < -0.4 is 0 Å². The molecule has 1 atom stereocenters. The summed E-state index contributed by atoms with van der Waals surface area (Å²) in [5.74, 6) is -0.234. The van der Waals surface area contributed by atoms with Crippen molar-refractivity contribution in [3.8, 4) is 0 Å². The average molecular weight is 369 g/mol. The molecule has 1 saturated heterocycles. The number of ether oxygens (including phenoxy) is 1. The predicted octanol–water partition coefficient (Wildman–Crippen LogP) is 2.85. The summed E-state index contributed by atoms with van der Waals surface area (Å²) in [4.78, 5) is 40.4. The fourth-order valence-electron chi connectivity index (χ4n) is 3.11. The van der Waals surface area contributed by atoms with Crippen LogP contribution in [0.5, 0.6) is 0 Å². The van der Waals surface area contributed by atoms with Gasteiger partial charge in [0.05, 0.1) is 5.92 Å². The normalized spacial score (nSPS) is 18.4. The summed E-state index contributed by atoms with van der Waals surface area (Å²) in [6, 6.07) is 0. The molecule has 0 bridgehead atoms. The lowest BCUT2D eigenvalue weighted by atomic mass is 9.90. The Morgan fingerprint density at radius 3 is 2.27 bits per heavy atom. The highest BCUT2D eigenvalue weighted by Crippen LogP contribution is 2.24. The smallest absolute Gasteiger partial charge is 0.306 e. The van der Waals surface area contributed by atoms with E-state index < -0.39 is 11.0 Å². The quantitative estimate of drug-likeness (QED) is 0.700. The summed E-state index contributed by atoms with van der Waals surface area (Å²) in [6.45, 7) is 13.0. The van der Waals surface area contributed by atoms with Crippen molar-refractivity contribution in [1.82, 2.24) is 9.80 Å². The third-order valence-corrected chi connectivity index (χ3v) is 4.37. The van der Waals surface area contributed by atoms with Crippen LogP contribution in [0.4, 0.5) is 0 Å². The van der Waals surface area contributed by atoms with Crippen molar-refractivity contribution in [2.24, 2.45) is 11.3 Å². The molecule has 1 aliphatic heterocycles. The maximum Gasteiger partial charge on any atom is 0.306 e. The summed E-state index contributed by atoms with van der Waals surface area (Å²) in [6.07, 6.45) is 2.54. The highest BCUT2D eigenvalue weighted by Gasteiger charge is 2.34. The van der Waals surface area contributed by atoms with E-state index in [2.05, 4.69) is 0 Å². The van der Waals surface area contributed by atoms with Gasteiger partial charge in [0.25, 0.3) is 0 Å². The van der Waals surface area contributed by atoms with E-state index in [-0.39, 0.29) is 23.7 Å². The fraction of sp³-hybridized carbons (Fsp3) is 0.850. The molecule has 0 N–H and O–H groups in total. The van der Waals surface area contributed by atoms with Crippen molar-refractivity contribution in [3.05, 3.63) is 0 Å². The molecule has 1 unspecified atom stereocenters. The third kappa shape index (κ3) is 7.34. The molecule has 2 amide bonds. The molecule has 0 aromatic rings. The SMILES string of the molecule is CN(CCCC(=O)OC(C)(C)C)C(=O)C1CCCN(C(=O)C(C)(C)C)C1. The molecule has 150 valence electrons. The Balaban J connectivity index is 2.47. The van der Waals surface area contributed by atoms with Gasteiger partial charge >= 0.3 is 5.97 Å². The number of esters is 1. The largest absolute Gasteiger partial charge is 0.460 e. The number of rotatable bonds is 5. The second-order valence-corrected chi connectivity index (χ2v) is 9.29. The van der Waals surface area contributed by atoms with Crippen molar-refractivity contribution in [3.63, 3.8) is 0 Å². The van der Waals surface area contributed by atoms with Gasteiger partial charge in [-0.15, -0.1) is 0 Å². The number of piperidine rings is 1. The minimum atomic E-state index is -0.482. The molecular weight excluding hydrogens is 332 g/mol. The Kier molecular flexibility index (Phi) is 7.66. The minimum Gasteiger partial charge on any atom is -0.460 e. The molecule has 26 heavy (non-hydrogen) atoms. The molecule has 0 aliphatic carbocycles. The van der Waals surface area contributed by atoms with Crippen LogP contribution in [-0.2, 0) is 19.1 Å². The Hall–Kier alpha value is -1.59. The zero-order valence-electron chi connectivity index (χ0n) is 17.6. The number of likely N-dealkylation sites (tertiary alicyclic amines) is 1. The lowest BCUT2D eigenvalue weighted by molar-refractivity contribution is -0.155. The van der Waals surface area contributed by atoms with E-state index in [1.807, 2.05) is 46.4 Å². The second-order valence-electron chi connectivity index (χ2n) is 9.29. The van der Waals surface area contributed by atoms with Crippen LogP contribution in [-0.4, -0.2) is 59.9 Å². The Morgan fingerprint density at radius 1 is 1.12 bits per heavy atom. The van der Waals surface area contributed by atoms with E-state index in [1.165, 1.54) is 0 Å². The lowest BCUT2D eigenvalue weighted by Gasteiger charge is -2.37. The highest BCUT2D eigenvalue weighted by atomic mass is 16.6. The van der Waals surface area contributed by atoms with Crippen LogP contribution in [0.15, 0.2) is 0 Å².